The Kier molecular flexibility index (Phi) is 7.93. The van der Waals surface area contributed by atoms with E-state index < -0.39 is 0 Å². The van der Waals surface area contributed by atoms with E-state index in [1.54, 1.807) is 31.9 Å². The molecule has 0 saturated carbocycles. The van der Waals surface area contributed by atoms with Crippen LogP contribution in [0.4, 0.5) is 11.6 Å². The zero-order chi connectivity index (χ0) is 22.7. The Bertz CT molecular complexity index is 1130. The molecule has 170 valence electrons. The van der Waals surface area contributed by atoms with Crippen LogP contribution in [0, 0.1) is 0 Å². The number of aromatic nitrogens is 5. The molecule has 4 rings (SSSR count). The number of imidazole rings is 1. The van der Waals surface area contributed by atoms with Crippen LogP contribution in [0.3, 0.4) is 0 Å². The highest BCUT2D eigenvalue weighted by atomic mass is 16.5. The molecule has 3 N–H and O–H groups in total. The second-order valence-corrected chi connectivity index (χ2v) is 7.25. The molecule has 0 bridgehead atoms. The second-order valence-electron chi connectivity index (χ2n) is 7.25. The van der Waals surface area contributed by atoms with Gasteiger partial charge < -0.3 is 25.1 Å². The number of methoxy groups -OCH3 is 1. The van der Waals surface area contributed by atoms with Crippen molar-refractivity contribution in [2.24, 2.45) is 0 Å². The van der Waals surface area contributed by atoms with Gasteiger partial charge in [-0.2, -0.15) is 0 Å². The molecule has 0 aliphatic rings. The third-order valence-electron chi connectivity index (χ3n) is 4.78. The summed E-state index contributed by atoms with van der Waals surface area (Å²) in [5.41, 5.74) is 3.31. The van der Waals surface area contributed by atoms with Crippen molar-refractivity contribution in [3.8, 4) is 28.5 Å². The summed E-state index contributed by atoms with van der Waals surface area (Å²) in [5, 5.41) is 6.55. The Morgan fingerprint density at radius 2 is 1.94 bits per heavy atom. The highest BCUT2D eigenvalue weighted by Crippen LogP contribution is 2.23. The molecule has 0 spiro atoms. The fourth-order valence-corrected chi connectivity index (χ4v) is 3.15. The third kappa shape index (κ3) is 6.58. The topological polar surface area (TPSA) is 110 Å². The van der Waals surface area contributed by atoms with Crippen molar-refractivity contribution in [3.05, 3.63) is 67.3 Å². The quantitative estimate of drug-likeness (QED) is 0.283. The normalized spacial score (nSPS) is 10.8. The van der Waals surface area contributed by atoms with Crippen LogP contribution in [0.2, 0.25) is 0 Å². The van der Waals surface area contributed by atoms with E-state index in [-0.39, 0.29) is 0 Å². The summed E-state index contributed by atoms with van der Waals surface area (Å²) >= 11 is 0. The Labute approximate surface area is 192 Å². The first kappa shape index (κ1) is 22.4. The maximum Gasteiger partial charge on any atom is 0.227 e. The molecule has 9 nitrogen and oxygen atoms in total. The van der Waals surface area contributed by atoms with Crippen LogP contribution in [-0.2, 0) is 4.74 Å². The standard InChI is InChI=1S/C24H27N7O2/c1-32-14-12-25-10-4-13-33-20-7-2-6-19(15-20)29-24-27-11-8-21(31-24)22-17-28-23(30-22)18-5-3-9-26-16-18/h2-3,5-9,11,15-17,25H,4,10,12-14H2,1H3,(H,28,30)(H,27,29,31). The van der Waals surface area contributed by atoms with Crippen molar-refractivity contribution in [3.63, 3.8) is 0 Å². The third-order valence-corrected chi connectivity index (χ3v) is 4.78. The number of anilines is 2. The van der Waals surface area contributed by atoms with Crippen molar-refractivity contribution in [2.45, 2.75) is 6.42 Å². The molecular weight excluding hydrogens is 418 g/mol. The summed E-state index contributed by atoms with van der Waals surface area (Å²) in [4.78, 5) is 20.8. The predicted octanol–water partition coefficient (Wildman–Crippen LogP) is 3.68. The lowest BCUT2D eigenvalue weighted by Crippen LogP contribution is -2.21. The van der Waals surface area contributed by atoms with Gasteiger partial charge in [0, 0.05) is 49.6 Å². The zero-order valence-electron chi connectivity index (χ0n) is 18.5. The number of aromatic amines is 1. The van der Waals surface area contributed by atoms with Gasteiger partial charge in [-0.1, -0.05) is 6.07 Å². The van der Waals surface area contributed by atoms with Crippen LogP contribution in [0.5, 0.6) is 5.75 Å². The molecule has 0 atom stereocenters. The van der Waals surface area contributed by atoms with Crippen LogP contribution in [-0.4, -0.2) is 58.3 Å². The van der Waals surface area contributed by atoms with E-state index in [1.165, 1.54) is 0 Å². The van der Waals surface area contributed by atoms with Gasteiger partial charge in [-0.25, -0.2) is 15.0 Å². The van der Waals surface area contributed by atoms with Crippen molar-refractivity contribution < 1.29 is 9.47 Å². The minimum atomic E-state index is 0.490. The summed E-state index contributed by atoms with van der Waals surface area (Å²) in [7, 11) is 1.70. The van der Waals surface area contributed by atoms with Crippen molar-refractivity contribution in [2.75, 3.05) is 38.7 Å². The molecule has 0 unspecified atom stereocenters. The average Bonchev–Trinajstić information content (AvgIpc) is 3.35. The highest BCUT2D eigenvalue weighted by Gasteiger charge is 2.08. The van der Waals surface area contributed by atoms with Gasteiger partial charge in [-0.05, 0) is 43.3 Å². The lowest BCUT2D eigenvalue weighted by Gasteiger charge is -2.10. The first-order chi connectivity index (χ1) is 16.3. The number of rotatable bonds is 12. The molecule has 0 amide bonds. The molecule has 0 radical (unpaired) electrons. The van der Waals surface area contributed by atoms with Gasteiger partial charge in [-0.15, -0.1) is 0 Å². The summed E-state index contributed by atoms with van der Waals surface area (Å²) in [6, 6.07) is 13.4. The van der Waals surface area contributed by atoms with Crippen LogP contribution >= 0.6 is 0 Å². The van der Waals surface area contributed by atoms with Crippen LogP contribution in [0.15, 0.2) is 67.3 Å². The molecule has 0 aliphatic heterocycles. The van der Waals surface area contributed by atoms with Crippen LogP contribution < -0.4 is 15.4 Å². The number of nitrogens with zero attached hydrogens (tertiary/aromatic N) is 4. The minimum Gasteiger partial charge on any atom is -0.493 e. The van der Waals surface area contributed by atoms with Gasteiger partial charge >= 0.3 is 0 Å². The number of nitrogens with one attached hydrogen (secondary N) is 3. The maximum atomic E-state index is 5.86. The average molecular weight is 446 g/mol. The smallest absolute Gasteiger partial charge is 0.227 e. The molecule has 9 heteroatoms. The van der Waals surface area contributed by atoms with Gasteiger partial charge in [0.15, 0.2) is 0 Å². The first-order valence-electron chi connectivity index (χ1n) is 10.8. The summed E-state index contributed by atoms with van der Waals surface area (Å²) < 4.78 is 10.9. The molecule has 0 aliphatic carbocycles. The van der Waals surface area contributed by atoms with Gasteiger partial charge in [-0.3, -0.25) is 4.98 Å². The lowest BCUT2D eigenvalue weighted by molar-refractivity contribution is 0.198. The molecule has 3 aromatic heterocycles. The Hall–Kier alpha value is -3.82. The molecule has 4 aromatic rings. The predicted molar refractivity (Wildman–Crippen MR) is 127 cm³/mol. The van der Waals surface area contributed by atoms with Crippen molar-refractivity contribution >= 4 is 11.6 Å². The molecule has 3 heterocycles. The summed E-state index contributed by atoms with van der Waals surface area (Å²) in [6.07, 6.45) is 7.89. The van der Waals surface area contributed by atoms with E-state index in [0.29, 0.717) is 19.2 Å². The number of ether oxygens (including phenoxy) is 2. The first-order valence-corrected chi connectivity index (χ1v) is 10.8. The van der Waals surface area contributed by atoms with Gasteiger partial charge in [0.25, 0.3) is 0 Å². The number of pyridine rings is 1. The lowest BCUT2D eigenvalue weighted by atomic mass is 10.3. The Morgan fingerprint density at radius 3 is 2.82 bits per heavy atom. The van der Waals surface area contributed by atoms with E-state index in [1.807, 2.05) is 42.5 Å². The summed E-state index contributed by atoms with van der Waals surface area (Å²) in [5.74, 6) is 2.03. The largest absolute Gasteiger partial charge is 0.493 e. The Morgan fingerprint density at radius 1 is 0.970 bits per heavy atom. The van der Waals surface area contributed by atoms with Gasteiger partial charge in [0.2, 0.25) is 5.95 Å². The molecule has 33 heavy (non-hydrogen) atoms. The van der Waals surface area contributed by atoms with Crippen molar-refractivity contribution in [1.82, 2.24) is 30.2 Å². The minimum absolute atomic E-state index is 0.490. The number of H-pyrrole nitrogens is 1. The number of benzene rings is 1. The van der Waals surface area contributed by atoms with Crippen LogP contribution in [0.25, 0.3) is 22.8 Å². The van der Waals surface area contributed by atoms with Crippen LogP contribution in [0.1, 0.15) is 6.42 Å². The highest BCUT2D eigenvalue weighted by molar-refractivity contribution is 5.63. The zero-order valence-corrected chi connectivity index (χ0v) is 18.5. The fourth-order valence-electron chi connectivity index (χ4n) is 3.15. The monoisotopic (exact) mass is 445 g/mol. The van der Waals surface area contributed by atoms with Crippen molar-refractivity contribution in [1.29, 1.82) is 0 Å². The van der Waals surface area contributed by atoms with E-state index in [4.69, 9.17) is 9.47 Å². The second kappa shape index (κ2) is 11.7. The van der Waals surface area contributed by atoms with E-state index >= 15 is 0 Å². The summed E-state index contributed by atoms with van der Waals surface area (Å²) in [6.45, 7) is 3.08. The number of hydrogen-bond acceptors (Lipinski definition) is 8. The molecule has 0 saturated heterocycles. The van der Waals surface area contributed by atoms with Gasteiger partial charge in [0.1, 0.15) is 11.6 Å². The van der Waals surface area contributed by atoms with E-state index in [9.17, 15) is 0 Å². The molecule has 1 aromatic carbocycles. The maximum absolute atomic E-state index is 5.86. The van der Waals surface area contributed by atoms with E-state index in [0.717, 1.165) is 53.7 Å². The number of hydrogen-bond donors (Lipinski definition) is 3. The SMILES string of the molecule is COCCNCCCOc1cccc(Nc2nccc(-c3cnc(-c4cccnc4)[nH]3)n2)c1. The van der Waals surface area contributed by atoms with E-state index in [2.05, 4.69) is 35.6 Å². The molecular formula is C24H27N7O2. The van der Waals surface area contributed by atoms with Gasteiger partial charge in [0.05, 0.1) is 30.8 Å². The molecule has 0 fully saturated rings. The fraction of sp³-hybridized carbons (Fsp3) is 0.250. The Balaban J connectivity index is 1.35.